The summed E-state index contributed by atoms with van der Waals surface area (Å²) in [6, 6.07) is 7.90. The highest BCUT2D eigenvalue weighted by Gasteiger charge is 2.21. The average molecular weight is 436 g/mol. The third kappa shape index (κ3) is 5.36. The SMILES string of the molecule is COc1cc(OC)c(/C=C/C(=O)Nc2ccc(OC)c(C(Cl)C(=O)O)c2)c(OC)c1. The molecule has 0 heterocycles. The van der Waals surface area contributed by atoms with Crippen LogP contribution in [0.3, 0.4) is 0 Å². The largest absolute Gasteiger partial charge is 0.496 e. The highest BCUT2D eigenvalue weighted by atomic mass is 35.5. The van der Waals surface area contributed by atoms with Gasteiger partial charge in [-0.1, -0.05) is 0 Å². The number of ether oxygens (including phenoxy) is 4. The molecule has 1 amide bonds. The third-order valence-corrected chi connectivity index (χ3v) is 4.56. The summed E-state index contributed by atoms with van der Waals surface area (Å²) in [5, 5.41) is 10.5. The number of amides is 1. The van der Waals surface area contributed by atoms with Crippen LogP contribution in [-0.2, 0) is 9.59 Å². The van der Waals surface area contributed by atoms with Crippen molar-refractivity contribution in [2.45, 2.75) is 5.38 Å². The van der Waals surface area contributed by atoms with E-state index in [1.165, 1.54) is 46.6 Å². The van der Waals surface area contributed by atoms with Gasteiger partial charge in [0, 0.05) is 29.5 Å². The Morgan fingerprint density at radius 1 is 0.967 bits per heavy atom. The van der Waals surface area contributed by atoms with Crippen molar-refractivity contribution in [2.24, 2.45) is 0 Å². The molecule has 9 heteroatoms. The lowest BCUT2D eigenvalue weighted by Gasteiger charge is -2.13. The van der Waals surface area contributed by atoms with E-state index in [1.54, 1.807) is 24.3 Å². The molecule has 0 aliphatic heterocycles. The summed E-state index contributed by atoms with van der Waals surface area (Å²) < 4.78 is 21.0. The van der Waals surface area contributed by atoms with Crippen LogP contribution < -0.4 is 24.3 Å². The van der Waals surface area contributed by atoms with Crippen LogP contribution >= 0.6 is 11.6 Å². The summed E-state index contributed by atoms with van der Waals surface area (Å²) in [6.07, 6.45) is 2.84. The molecule has 0 aliphatic carbocycles. The minimum absolute atomic E-state index is 0.229. The number of aliphatic carboxylic acids is 1. The zero-order valence-electron chi connectivity index (χ0n) is 16.9. The van der Waals surface area contributed by atoms with E-state index in [1.807, 2.05) is 0 Å². The molecular formula is C21H22ClNO7. The molecule has 1 atom stereocenters. The summed E-state index contributed by atoms with van der Waals surface area (Å²) in [6.45, 7) is 0. The van der Waals surface area contributed by atoms with Crippen LogP contribution in [-0.4, -0.2) is 45.4 Å². The molecule has 8 nitrogen and oxygen atoms in total. The van der Waals surface area contributed by atoms with Crippen molar-refractivity contribution < 1.29 is 33.6 Å². The van der Waals surface area contributed by atoms with E-state index >= 15 is 0 Å². The van der Waals surface area contributed by atoms with E-state index in [4.69, 9.17) is 35.7 Å². The standard InChI is InChI=1S/C21H22ClNO7/c1-27-13-10-17(29-3)14(18(11-13)30-4)6-8-19(24)23-12-5-7-16(28-2)15(9-12)20(22)21(25)26/h5-11,20H,1-4H3,(H,23,24)(H,25,26)/b8-6+. The number of anilines is 1. The lowest BCUT2D eigenvalue weighted by molar-refractivity contribution is -0.136. The van der Waals surface area contributed by atoms with E-state index < -0.39 is 17.3 Å². The number of hydrogen-bond acceptors (Lipinski definition) is 6. The number of halogens is 1. The van der Waals surface area contributed by atoms with Crippen LogP contribution in [0.25, 0.3) is 6.08 Å². The molecule has 0 saturated carbocycles. The van der Waals surface area contributed by atoms with Crippen LogP contribution in [0.15, 0.2) is 36.4 Å². The second kappa shape index (κ2) is 10.4. The maximum atomic E-state index is 12.4. The number of alkyl halides is 1. The predicted molar refractivity (Wildman–Crippen MR) is 113 cm³/mol. The summed E-state index contributed by atoms with van der Waals surface area (Å²) in [4.78, 5) is 23.6. The Kier molecular flexibility index (Phi) is 7.94. The Bertz CT molecular complexity index is 933. The molecule has 2 rings (SSSR count). The first-order chi connectivity index (χ1) is 14.3. The molecule has 1 unspecified atom stereocenters. The smallest absolute Gasteiger partial charge is 0.326 e. The molecule has 30 heavy (non-hydrogen) atoms. The minimum Gasteiger partial charge on any atom is -0.496 e. The molecule has 2 N–H and O–H groups in total. The van der Waals surface area contributed by atoms with Crippen molar-refractivity contribution in [1.82, 2.24) is 0 Å². The number of carbonyl (C=O) groups excluding carboxylic acids is 1. The molecule has 0 aromatic heterocycles. The highest BCUT2D eigenvalue weighted by molar-refractivity contribution is 6.30. The Labute approximate surface area is 179 Å². The average Bonchev–Trinajstić information content (AvgIpc) is 2.76. The maximum absolute atomic E-state index is 12.4. The first kappa shape index (κ1) is 22.9. The summed E-state index contributed by atoms with van der Waals surface area (Å²) in [5.41, 5.74) is 1.14. The summed E-state index contributed by atoms with van der Waals surface area (Å²) in [7, 11) is 5.92. The molecule has 0 bridgehead atoms. The van der Waals surface area contributed by atoms with Crippen LogP contribution in [0.1, 0.15) is 16.5 Å². The maximum Gasteiger partial charge on any atom is 0.326 e. The quantitative estimate of drug-likeness (QED) is 0.456. The zero-order chi connectivity index (χ0) is 22.3. The molecule has 160 valence electrons. The third-order valence-electron chi connectivity index (χ3n) is 4.14. The Hall–Kier alpha value is -3.39. The van der Waals surface area contributed by atoms with Crippen LogP contribution in [0.4, 0.5) is 5.69 Å². The van der Waals surface area contributed by atoms with E-state index in [2.05, 4.69) is 5.32 Å². The van der Waals surface area contributed by atoms with E-state index in [0.29, 0.717) is 34.2 Å². The topological polar surface area (TPSA) is 103 Å². The van der Waals surface area contributed by atoms with E-state index in [-0.39, 0.29) is 5.56 Å². The molecule has 2 aromatic carbocycles. The van der Waals surface area contributed by atoms with Crippen molar-refractivity contribution >= 4 is 35.2 Å². The molecule has 2 aromatic rings. The highest BCUT2D eigenvalue weighted by Crippen LogP contribution is 2.35. The van der Waals surface area contributed by atoms with Gasteiger partial charge in [-0.2, -0.15) is 0 Å². The first-order valence-corrected chi connectivity index (χ1v) is 9.12. The van der Waals surface area contributed by atoms with Gasteiger partial charge in [-0.25, -0.2) is 0 Å². The van der Waals surface area contributed by atoms with Gasteiger partial charge < -0.3 is 29.4 Å². The fourth-order valence-electron chi connectivity index (χ4n) is 2.68. The number of carboxylic acid groups (broad SMARTS) is 1. The first-order valence-electron chi connectivity index (χ1n) is 8.68. The van der Waals surface area contributed by atoms with Gasteiger partial charge in [0.05, 0.1) is 34.0 Å². The number of carboxylic acids is 1. The van der Waals surface area contributed by atoms with Gasteiger partial charge in [0.1, 0.15) is 23.0 Å². The van der Waals surface area contributed by atoms with E-state index in [9.17, 15) is 9.59 Å². The van der Waals surface area contributed by atoms with Crippen molar-refractivity contribution in [3.8, 4) is 23.0 Å². The number of nitrogens with one attached hydrogen (secondary N) is 1. The van der Waals surface area contributed by atoms with Crippen molar-refractivity contribution in [2.75, 3.05) is 33.8 Å². The Morgan fingerprint density at radius 3 is 2.07 bits per heavy atom. The minimum atomic E-state index is -1.32. The molecular weight excluding hydrogens is 414 g/mol. The fourth-order valence-corrected chi connectivity index (χ4v) is 2.85. The molecule has 0 aliphatic rings. The van der Waals surface area contributed by atoms with Gasteiger partial charge in [-0.05, 0) is 24.3 Å². The fraction of sp³-hybridized carbons (Fsp3) is 0.238. The number of benzene rings is 2. The van der Waals surface area contributed by atoms with Gasteiger partial charge in [0.15, 0.2) is 5.38 Å². The van der Waals surface area contributed by atoms with Gasteiger partial charge in [-0.15, -0.1) is 11.6 Å². The number of rotatable bonds is 9. The predicted octanol–water partition coefficient (Wildman–Crippen LogP) is 3.74. The van der Waals surface area contributed by atoms with Gasteiger partial charge >= 0.3 is 5.97 Å². The second-order valence-corrected chi connectivity index (χ2v) is 6.36. The van der Waals surface area contributed by atoms with Crippen molar-refractivity contribution in [3.05, 3.63) is 47.5 Å². The van der Waals surface area contributed by atoms with Gasteiger partial charge in [0.2, 0.25) is 5.91 Å². The van der Waals surface area contributed by atoms with Crippen LogP contribution in [0, 0.1) is 0 Å². The number of methoxy groups -OCH3 is 4. The normalized spacial score (nSPS) is 11.6. The Morgan fingerprint density at radius 2 is 1.57 bits per heavy atom. The molecule has 0 spiro atoms. The zero-order valence-corrected chi connectivity index (χ0v) is 17.6. The monoisotopic (exact) mass is 435 g/mol. The summed E-state index contributed by atoms with van der Waals surface area (Å²) >= 11 is 5.92. The van der Waals surface area contributed by atoms with Crippen molar-refractivity contribution in [1.29, 1.82) is 0 Å². The van der Waals surface area contributed by atoms with Gasteiger partial charge in [0.25, 0.3) is 0 Å². The molecule has 0 radical (unpaired) electrons. The van der Waals surface area contributed by atoms with Crippen LogP contribution in [0.2, 0.25) is 0 Å². The lowest BCUT2D eigenvalue weighted by atomic mass is 10.1. The van der Waals surface area contributed by atoms with Crippen molar-refractivity contribution in [3.63, 3.8) is 0 Å². The number of carbonyl (C=O) groups is 2. The number of hydrogen-bond donors (Lipinski definition) is 2. The van der Waals surface area contributed by atoms with E-state index in [0.717, 1.165) is 0 Å². The van der Waals surface area contributed by atoms with Crippen LogP contribution in [0.5, 0.6) is 23.0 Å². The lowest BCUT2D eigenvalue weighted by Crippen LogP contribution is -2.10. The molecule has 0 saturated heterocycles. The summed E-state index contributed by atoms with van der Waals surface area (Å²) in [5.74, 6) is 0.107. The van der Waals surface area contributed by atoms with Gasteiger partial charge in [-0.3, -0.25) is 9.59 Å². The second-order valence-electron chi connectivity index (χ2n) is 5.93. The Balaban J connectivity index is 2.27. The molecule has 0 fully saturated rings.